The number of rotatable bonds is 4. The van der Waals surface area contributed by atoms with Gasteiger partial charge in [-0.2, -0.15) is 0 Å². The molecule has 0 N–H and O–H groups in total. The van der Waals surface area contributed by atoms with E-state index in [2.05, 4.69) is 11.0 Å². The van der Waals surface area contributed by atoms with Gasteiger partial charge in [-0.15, -0.1) is 0 Å². The van der Waals surface area contributed by atoms with Crippen LogP contribution in [0.25, 0.3) is 17.0 Å². The maximum Gasteiger partial charge on any atom is 0.231 e. The van der Waals surface area contributed by atoms with Crippen molar-refractivity contribution in [2.75, 3.05) is 38.0 Å². The molecule has 3 heterocycles. The summed E-state index contributed by atoms with van der Waals surface area (Å²) in [5.41, 5.74) is 2.42. The van der Waals surface area contributed by atoms with Gasteiger partial charge in [0.15, 0.2) is 17.3 Å². The summed E-state index contributed by atoms with van der Waals surface area (Å²) >= 11 is 0. The Hall–Kier alpha value is -3.38. The number of carbonyl (C=O) groups excluding carboxylic acids is 1. The van der Waals surface area contributed by atoms with E-state index in [1.54, 1.807) is 24.3 Å². The summed E-state index contributed by atoms with van der Waals surface area (Å²) in [6.07, 6.45) is 3.43. The standard InChI is InChI=1S/C23H20N2O4/c26-20(17-6-8-21-22(14-17)29-15-28-21)7-5-18-13-16-3-1-2-4-19(16)24-23(18)25-9-11-27-12-10-25/h1-8,13-14H,9-12,15H2. The molecular formula is C23H20N2O4. The monoisotopic (exact) mass is 388 g/mol. The van der Waals surface area contributed by atoms with E-state index in [4.69, 9.17) is 19.2 Å². The molecule has 0 unspecified atom stereocenters. The molecule has 146 valence electrons. The highest BCUT2D eigenvalue weighted by molar-refractivity contribution is 6.07. The largest absolute Gasteiger partial charge is 0.454 e. The Morgan fingerprint density at radius 1 is 1.00 bits per heavy atom. The zero-order valence-electron chi connectivity index (χ0n) is 15.8. The first kappa shape index (κ1) is 17.7. The van der Waals surface area contributed by atoms with E-state index < -0.39 is 0 Å². The SMILES string of the molecule is O=C(C=Cc1cc2ccccc2nc1N1CCOCC1)c1ccc2c(c1)OCO2. The molecule has 0 bridgehead atoms. The molecule has 6 nitrogen and oxygen atoms in total. The van der Waals surface area contributed by atoms with Crippen LogP contribution < -0.4 is 14.4 Å². The molecule has 2 aliphatic rings. The van der Waals surface area contributed by atoms with E-state index in [1.807, 2.05) is 30.3 Å². The van der Waals surface area contributed by atoms with Gasteiger partial charge < -0.3 is 19.1 Å². The summed E-state index contributed by atoms with van der Waals surface area (Å²) in [5, 5.41) is 1.04. The molecule has 6 heteroatoms. The van der Waals surface area contributed by atoms with E-state index >= 15 is 0 Å². The van der Waals surface area contributed by atoms with Gasteiger partial charge in [-0.05, 0) is 42.5 Å². The third-order valence-electron chi connectivity index (χ3n) is 5.11. The van der Waals surface area contributed by atoms with Crippen LogP contribution in [0.5, 0.6) is 11.5 Å². The Kier molecular flexibility index (Phi) is 4.62. The highest BCUT2D eigenvalue weighted by Crippen LogP contribution is 2.33. The number of para-hydroxylation sites is 1. The molecule has 0 atom stereocenters. The summed E-state index contributed by atoms with van der Waals surface area (Å²) in [4.78, 5) is 19.8. The molecule has 1 saturated heterocycles. The quantitative estimate of drug-likeness (QED) is 0.502. The number of hydrogen-bond donors (Lipinski definition) is 0. The van der Waals surface area contributed by atoms with Gasteiger partial charge in [0.2, 0.25) is 6.79 Å². The van der Waals surface area contributed by atoms with Crippen LogP contribution in [-0.4, -0.2) is 43.9 Å². The van der Waals surface area contributed by atoms with Crippen LogP contribution in [0.2, 0.25) is 0 Å². The molecule has 3 aromatic rings. The average Bonchev–Trinajstić information content (AvgIpc) is 3.25. The number of ether oxygens (including phenoxy) is 3. The van der Waals surface area contributed by atoms with Gasteiger partial charge in [0, 0.05) is 29.6 Å². The molecule has 0 saturated carbocycles. The summed E-state index contributed by atoms with van der Waals surface area (Å²) in [5.74, 6) is 2.05. The second-order valence-corrected chi connectivity index (χ2v) is 6.96. The first-order valence-electron chi connectivity index (χ1n) is 9.62. The number of hydrogen-bond acceptors (Lipinski definition) is 6. The smallest absolute Gasteiger partial charge is 0.231 e. The van der Waals surface area contributed by atoms with Crippen LogP contribution >= 0.6 is 0 Å². The topological polar surface area (TPSA) is 60.9 Å². The highest BCUT2D eigenvalue weighted by Gasteiger charge is 2.18. The van der Waals surface area contributed by atoms with Gasteiger partial charge in [0.1, 0.15) is 5.82 Å². The molecule has 1 aromatic heterocycles. The van der Waals surface area contributed by atoms with Crippen molar-refractivity contribution in [3.8, 4) is 11.5 Å². The van der Waals surface area contributed by atoms with E-state index in [0.29, 0.717) is 30.3 Å². The number of ketones is 1. The minimum absolute atomic E-state index is 0.0932. The Morgan fingerprint density at radius 2 is 1.83 bits per heavy atom. The van der Waals surface area contributed by atoms with E-state index in [9.17, 15) is 4.79 Å². The van der Waals surface area contributed by atoms with Crippen LogP contribution in [0.3, 0.4) is 0 Å². The van der Waals surface area contributed by atoms with Crippen molar-refractivity contribution >= 4 is 28.6 Å². The molecule has 0 amide bonds. The van der Waals surface area contributed by atoms with E-state index in [1.165, 1.54) is 0 Å². The van der Waals surface area contributed by atoms with Gasteiger partial charge in [-0.1, -0.05) is 18.2 Å². The summed E-state index contributed by atoms with van der Waals surface area (Å²) in [7, 11) is 0. The lowest BCUT2D eigenvalue weighted by Crippen LogP contribution is -2.37. The normalized spacial score (nSPS) is 15.9. The third-order valence-corrected chi connectivity index (χ3v) is 5.11. The third kappa shape index (κ3) is 3.54. The van der Waals surface area contributed by atoms with Crippen molar-refractivity contribution in [1.82, 2.24) is 4.98 Å². The average molecular weight is 388 g/mol. The first-order chi connectivity index (χ1) is 14.3. The number of morpholine rings is 1. The Morgan fingerprint density at radius 3 is 2.72 bits per heavy atom. The number of allylic oxidation sites excluding steroid dienone is 1. The summed E-state index contributed by atoms with van der Waals surface area (Å²) in [6.45, 7) is 3.10. The summed E-state index contributed by atoms with van der Waals surface area (Å²) < 4.78 is 16.2. The Bertz CT molecular complexity index is 1100. The molecule has 2 aliphatic heterocycles. The van der Waals surface area contributed by atoms with Crippen molar-refractivity contribution < 1.29 is 19.0 Å². The number of aromatic nitrogens is 1. The number of benzene rings is 2. The summed E-state index contributed by atoms with van der Waals surface area (Å²) in [6, 6.07) is 15.3. The number of carbonyl (C=O) groups is 1. The van der Waals surface area contributed by atoms with Crippen molar-refractivity contribution in [3.63, 3.8) is 0 Å². The van der Waals surface area contributed by atoms with Crippen molar-refractivity contribution in [1.29, 1.82) is 0 Å². The lowest BCUT2D eigenvalue weighted by atomic mass is 10.1. The Balaban J connectivity index is 1.48. The maximum atomic E-state index is 12.7. The van der Waals surface area contributed by atoms with Crippen molar-refractivity contribution in [2.24, 2.45) is 0 Å². The van der Waals surface area contributed by atoms with Crippen LogP contribution in [0.15, 0.2) is 54.6 Å². The zero-order chi connectivity index (χ0) is 19.6. The first-order valence-corrected chi connectivity index (χ1v) is 9.62. The van der Waals surface area contributed by atoms with E-state index in [0.717, 1.165) is 35.4 Å². The minimum Gasteiger partial charge on any atom is -0.454 e. The van der Waals surface area contributed by atoms with Crippen molar-refractivity contribution in [2.45, 2.75) is 0 Å². The number of pyridine rings is 1. The number of fused-ring (bicyclic) bond motifs is 2. The fourth-order valence-corrected chi connectivity index (χ4v) is 3.58. The molecule has 0 aliphatic carbocycles. The zero-order valence-corrected chi connectivity index (χ0v) is 15.8. The fourth-order valence-electron chi connectivity index (χ4n) is 3.58. The molecule has 1 fully saturated rings. The van der Waals surface area contributed by atoms with Gasteiger partial charge in [-0.25, -0.2) is 4.98 Å². The number of anilines is 1. The number of nitrogens with zero attached hydrogens (tertiary/aromatic N) is 2. The fraction of sp³-hybridized carbons (Fsp3) is 0.217. The van der Waals surface area contributed by atoms with Crippen LogP contribution in [-0.2, 0) is 4.74 Å². The van der Waals surface area contributed by atoms with Crippen LogP contribution in [0.1, 0.15) is 15.9 Å². The maximum absolute atomic E-state index is 12.7. The molecular weight excluding hydrogens is 368 g/mol. The second-order valence-electron chi connectivity index (χ2n) is 6.96. The molecule has 29 heavy (non-hydrogen) atoms. The van der Waals surface area contributed by atoms with Gasteiger partial charge in [-0.3, -0.25) is 4.79 Å². The molecule has 5 rings (SSSR count). The highest BCUT2D eigenvalue weighted by atomic mass is 16.7. The van der Waals surface area contributed by atoms with Crippen LogP contribution in [0.4, 0.5) is 5.82 Å². The van der Waals surface area contributed by atoms with Gasteiger partial charge in [0.25, 0.3) is 0 Å². The molecule has 0 spiro atoms. The van der Waals surface area contributed by atoms with Crippen LogP contribution in [0, 0.1) is 0 Å². The van der Waals surface area contributed by atoms with Crippen molar-refractivity contribution in [3.05, 3.63) is 65.7 Å². The van der Waals surface area contributed by atoms with Gasteiger partial charge in [0.05, 0.1) is 18.7 Å². The van der Waals surface area contributed by atoms with E-state index in [-0.39, 0.29) is 12.6 Å². The lowest BCUT2D eigenvalue weighted by Gasteiger charge is -2.29. The van der Waals surface area contributed by atoms with Gasteiger partial charge >= 0.3 is 0 Å². The molecule has 2 aromatic carbocycles. The minimum atomic E-state index is -0.0932. The second kappa shape index (κ2) is 7.56. The lowest BCUT2D eigenvalue weighted by molar-refractivity contribution is 0.104. The Labute approximate surface area is 168 Å². The molecule has 0 radical (unpaired) electrons. The predicted octanol–water partition coefficient (Wildman–Crippen LogP) is 3.70. The predicted molar refractivity (Wildman–Crippen MR) is 111 cm³/mol.